The van der Waals surface area contributed by atoms with Gasteiger partial charge in [-0.2, -0.15) is 5.10 Å². The average molecular weight is 489 g/mol. The highest BCUT2D eigenvalue weighted by atomic mass is 35.5. The first-order valence-corrected chi connectivity index (χ1v) is 12.5. The van der Waals surface area contributed by atoms with Gasteiger partial charge in [-0.05, 0) is 24.5 Å². The van der Waals surface area contributed by atoms with Crippen molar-refractivity contribution in [2.75, 3.05) is 32.1 Å². The second-order valence-electron chi connectivity index (χ2n) is 10.1. The van der Waals surface area contributed by atoms with E-state index in [0.717, 1.165) is 12.1 Å². The summed E-state index contributed by atoms with van der Waals surface area (Å²) in [6, 6.07) is 9.23. The first-order chi connectivity index (χ1) is 16.2. The molecule has 1 saturated carbocycles. The van der Waals surface area contributed by atoms with E-state index in [4.69, 9.17) is 21.4 Å². The monoisotopic (exact) mass is 488 g/mol. The van der Waals surface area contributed by atoms with Gasteiger partial charge in [0.2, 0.25) is 11.8 Å². The molecule has 8 heteroatoms. The maximum absolute atomic E-state index is 13.1. The van der Waals surface area contributed by atoms with Gasteiger partial charge in [0, 0.05) is 31.6 Å². The molecule has 0 saturated heterocycles. The number of hydrogen-bond donors (Lipinski definition) is 1. The Balaban J connectivity index is 1.74. The van der Waals surface area contributed by atoms with Crippen LogP contribution in [0.25, 0.3) is 5.69 Å². The number of aromatic nitrogens is 2. The van der Waals surface area contributed by atoms with Crippen LogP contribution >= 0.6 is 11.6 Å². The average Bonchev–Trinajstić information content (AvgIpc) is 3.45. The predicted octanol–water partition coefficient (Wildman–Crippen LogP) is 5.21. The number of hydrogen-bond acceptors (Lipinski definition) is 4. The number of nitrogens with zero attached hydrogens (tertiary/aromatic N) is 3. The first-order valence-electron chi connectivity index (χ1n) is 12.1. The smallest absolute Gasteiger partial charge is 0.245 e. The zero-order chi connectivity index (χ0) is 24.7. The van der Waals surface area contributed by atoms with Crippen LogP contribution in [0.4, 0.5) is 5.82 Å². The van der Waals surface area contributed by atoms with E-state index in [2.05, 4.69) is 26.1 Å². The first kappa shape index (κ1) is 26.2. The lowest BCUT2D eigenvalue weighted by Gasteiger charge is -2.23. The highest BCUT2D eigenvalue weighted by Crippen LogP contribution is 2.30. The highest BCUT2D eigenvalue weighted by Gasteiger charge is 2.24. The van der Waals surface area contributed by atoms with Crippen LogP contribution < -0.4 is 5.32 Å². The standard InChI is InChI=1S/C26H37ClN4O3/c1-26(2,3)22-17-23(31(29-22)21-12-8-7-11-20(21)27)28-24(32)18-30(15-16-34-4)25(33)14-13-19-9-5-6-10-19/h7-8,11-12,17,19H,5-6,9-10,13-16,18H2,1-4H3,(H,28,32). The zero-order valence-corrected chi connectivity index (χ0v) is 21.5. The number of anilines is 1. The number of para-hydroxylation sites is 1. The van der Waals surface area contributed by atoms with Crippen molar-refractivity contribution < 1.29 is 14.3 Å². The van der Waals surface area contributed by atoms with E-state index in [1.807, 2.05) is 24.3 Å². The van der Waals surface area contributed by atoms with Crippen LogP contribution in [0, 0.1) is 5.92 Å². The molecule has 7 nitrogen and oxygen atoms in total. The van der Waals surface area contributed by atoms with Crippen LogP contribution in [0.15, 0.2) is 30.3 Å². The molecule has 0 spiro atoms. The fraction of sp³-hybridized carbons (Fsp3) is 0.577. The molecule has 1 aromatic heterocycles. The minimum absolute atomic E-state index is 0.00547. The van der Waals surface area contributed by atoms with Gasteiger partial charge in [-0.25, -0.2) is 4.68 Å². The van der Waals surface area contributed by atoms with E-state index < -0.39 is 0 Å². The lowest BCUT2D eigenvalue weighted by molar-refractivity contribution is -0.135. The van der Waals surface area contributed by atoms with E-state index in [9.17, 15) is 9.59 Å². The molecule has 1 heterocycles. The zero-order valence-electron chi connectivity index (χ0n) is 20.8. The lowest BCUT2D eigenvalue weighted by Crippen LogP contribution is -2.40. The molecule has 1 aromatic carbocycles. The Hall–Kier alpha value is -2.38. The molecular formula is C26H37ClN4O3. The molecule has 1 aliphatic carbocycles. The topological polar surface area (TPSA) is 76.5 Å². The third-order valence-electron chi connectivity index (χ3n) is 6.32. The van der Waals surface area contributed by atoms with Gasteiger partial charge >= 0.3 is 0 Å². The van der Waals surface area contributed by atoms with Crippen LogP contribution in [0.1, 0.15) is 65.0 Å². The van der Waals surface area contributed by atoms with Crippen molar-refractivity contribution in [2.24, 2.45) is 5.92 Å². The number of carbonyl (C=O) groups is 2. The summed E-state index contributed by atoms with van der Waals surface area (Å²) < 4.78 is 6.83. The molecule has 2 amide bonds. The Labute approximate surface area is 207 Å². The third-order valence-corrected chi connectivity index (χ3v) is 6.64. The Kier molecular flexibility index (Phi) is 9.14. The number of ether oxygens (including phenoxy) is 1. The molecule has 0 unspecified atom stereocenters. The predicted molar refractivity (Wildman–Crippen MR) is 136 cm³/mol. The van der Waals surface area contributed by atoms with Gasteiger partial charge in [0.1, 0.15) is 5.82 Å². The highest BCUT2D eigenvalue weighted by molar-refractivity contribution is 6.32. The van der Waals surface area contributed by atoms with Crippen LogP contribution in [-0.4, -0.2) is 53.3 Å². The Morgan fingerprint density at radius 1 is 1.24 bits per heavy atom. The molecule has 2 aromatic rings. The van der Waals surface area contributed by atoms with Crippen molar-refractivity contribution in [3.05, 3.63) is 41.0 Å². The Morgan fingerprint density at radius 2 is 1.94 bits per heavy atom. The van der Waals surface area contributed by atoms with Gasteiger partial charge in [-0.1, -0.05) is 70.2 Å². The number of carbonyl (C=O) groups excluding carboxylic acids is 2. The molecule has 1 fully saturated rings. The van der Waals surface area contributed by atoms with Gasteiger partial charge in [-0.15, -0.1) is 0 Å². The van der Waals surface area contributed by atoms with Crippen molar-refractivity contribution in [2.45, 2.75) is 64.7 Å². The van der Waals surface area contributed by atoms with Crippen molar-refractivity contribution in [3.63, 3.8) is 0 Å². The number of amides is 2. The largest absolute Gasteiger partial charge is 0.383 e. The molecule has 3 rings (SSSR count). The molecule has 0 bridgehead atoms. The molecule has 0 atom stereocenters. The normalized spacial score (nSPS) is 14.4. The molecule has 0 aliphatic heterocycles. The maximum atomic E-state index is 13.1. The fourth-order valence-corrected chi connectivity index (χ4v) is 4.49. The van der Waals surface area contributed by atoms with Crippen molar-refractivity contribution >= 4 is 29.2 Å². The van der Waals surface area contributed by atoms with Crippen molar-refractivity contribution in [1.29, 1.82) is 0 Å². The lowest BCUT2D eigenvalue weighted by atomic mass is 9.92. The van der Waals surface area contributed by atoms with Gasteiger partial charge in [-0.3, -0.25) is 9.59 Å². The second-order valence-corrected chi connectivity index (χ2v) is 10.5. The van der Waals surface area contributed by atoms with E-state index >= 15 is 0 Å². The van der Waals surface area contributed by atoms with Crippen LogP contribution in [0.2, 0.25) is 5.02 Å². The van der Waals surface area contributed by atoms with Gasteiger partial charge < -0.3 is 15.0 Å². The fourth-order valence-electron chi connectivity index (χ4n) is 4.28. The van der Waals surface area contributed by atoms with Crippen molar-refractivity contribution in [3.8, 4) is 5.69 Å². The maximum Gasteiger partial charge on any atom is 0.245 e. The van der Waals surface area contributed by atoms with Crippen LogP contribution in [0.3, 0.4) is 0 Å². The molecular weight excluding hydrogens is 452 g/mol. The second kappa shape index (κ2) is 11.8. The number of halogens is 1. The Bertz CT molecular complexity index is 977. The van der Waals surface area contributed by atoms with E-state index in [0.29, 0.717) is 42.0 Å². The quantitative estimate of drug-likeness (QED) is 0.498. The van der Waals surface area contributed by atoms with Crippen LogP contribution in [-0.2, 0) is 19.7 Å². The van der Waals surface area contributed by atoms with Gasteiger partial charge in [0.15, 0.2) is 0 Å². The van der Waals surface area contributed by atoms with Crippen molar-refractivity contribution in [1.82, 2.24) is 14.7 Å². The summed E-state index contributed by atoms with van der Waals surface area (Å²) in [6.45, 7) is 6.91. The summed E-state index contributed by atoms with van der Waals surface area (Å²) in [6.07, 6.45) is 6.27. The van der Waals surface area contributed by atoms with E-state index in [1.165, 1.54) is 25.7 Å². The summed E-state index contributed by atoms with van der Waals surface area (Å²) in [5.74, 6) is 0.865. The SMILES string of the molecule is COCCN(CC(=O)Nc1cc(C(C)(C)C)nn1-c1ccccc1Cl)C(=O)CCC1CCCC1. The van der Waals surface area contributed by atoms with E-state index in [1.54, 1.807) is 22.8 Å². The summed E-state index contributed by atoms with van der Waals surface area (Å²) in [4.78, 5) is 27.6. The molecule has 186 valence electrons. The summed E-state index contributed by atoms with van der Waals surface area (Å²) in [5, 5.41) is 8.21. The van der Waals surface area contributed by atoms with Crippen LogP contribution in [0.5, 0.6) is 0 Å². The molecule has 34 heavy (non-hydrogen) atoms. The van der Waals surface area contributed by atoms with Gasteiger partial charge in [0.05, 0.1) is 29.6 Å². The number of methoxy groups -OCH3 is 1. The van der Waals surface area contributed by atoms with E-state index in [-0.39, 0.29) is 23.8 Å². The summed E-state index contributed by atoms with van der Waals surface area (Å²) in [5.41, 5.74) is 1.29. The molecule has 0 radical (unpaired) electrons. The minimum Gasteiger partial charge on any atom is -0.383 e. The minimum atomic E-state index is -0.279. The molecule has 1 N–H and O–H groups in total. The Morgan fingerprint density at radius 3 is 2.59 bits per heavy atom. The third kappa shape index (κ3) is 7.06. The van der Waals surface area contributed by atoms with Gasteiger partial charge in [0.25, 0.3) is 0 Å². The summed E-state index contributed by atoms with van der Waals surface area (Å²) >= 11 is 6.42. The summed E-state index contributed by atoms with van der Waals surface area (Å²) in [7, 11) is 1.59. The number of nitrogens with one attached hydrogen (secondary N) is 1. The number of benzene rings is 1. The number of rotatable bonds is 10. The molecule has 1 aliphatic rings.